The quantitative estimate of drug-likeness (QED) is 0.901. The molecule has 0 radical (unpaired) electrons. The lowest BCUT2D eigenvalue weighted by Gasteiger charge is -2.22. The largest absolute Gasteiger partial charge is 0.339 e. The van der Waals surface area contributed by atoms with Gasteiger partial charge in [-0.3, -0.25) is 9.59 Å². The van der Waals surface area contributed by atoms with Crippen molar-refractivity contribution in [1.29, 1.82) is 0 Å². The summed E-state index contributed by atoms with van der Waals surface area (Å²) in [7, 11) is 0. The maximum Gasteiger partial charge on any atom is 0.255 e. The van der Waals surface area contributed by atoms with Gasteiger partial charge in [0.25, 0.3) is 5.91 Å². The first-order valence-corrected chi connectivity index (χ1v) is 9.06. The number of nitrogens with one attached hydrogen (secondary N) is 1. The molecule has 0 saturated carbocycles. The summed E-state index contributed by atoms with van der Waals surface area (Å²) < 4.78 is 13.0. The van der Waals surface area contributed by atoms with Gasteiger partial charge in [0.1, 0.15) is 5.82 Å². The van der Waals surface area contributed by atoms with E-state index in [0.717, 1.165) is 44.3 Å². The van der Waals surface area contributed by atoms with E-state index in [9.17, 15) is 14.0 Å². The number of nitrogens with zero attached hydrogens (tertiary/aromatic N) is 1. The van der Waals surface area contributed by atoms with E-state index < -0.39 is 0 Å². The number of anilines is 1. The molecule has 1 aliphatic rings. The van der Waals surface area contributed by atoms with Gasteiger partial charge in [0, 0.05) is 13.1 Å². The van der Waals surface area contributed by atoms with Crippen molar-refractivity contribution in [3.05, 3.63) is 65.5 Å². The van der Waals surface area contributed by atoms with E-state index in [1.54, 1.807) is 36.4 Å². The van der Waals surface area contributed by atoms with Gasteiger partial charge in [-0.2, -0.15) is 0 Å². The topological polar surface area (TPSA) is 49.4 Å². The first-order chi connectivity index (χ1) is 12.6. The Morgan fingerprint density at radius 3 is 2.27 bits per heavy atom. The Bertz CT molecular complexity index is 766. The average molecular weight is 354 g/mol. The highest BCUT2D eigenvalue weighted by Gasteiger charge is 2.20. The monoisotopic (exact) mass is 354 g/mol. The van der Waals surface area contributed by atoms with E-state index >= 15 is 0 Å². The molecule has 136 valence electrons. The van der Waals surface area contributed by atoms with Crippen LogP contribution in [0.1, 0.15) is 41.6 Å². The summed E-state index contributed by atoms with van der Waals surface area (Å²) in [5, 5.41) is 2.83. The average Bonchev–Trinajstić information content (AvgIpc) is 2.93. The van der Waals surface area contributed by atoms with Gasteiger partial charge in [-0.25, -0.2) is 4.39 Å². The Hall–Kier alpha value is -2.69. The molecule has 1 N–H and O–H groups in total. The fourth-order valence-electron chi connectivity index (χ4n) is 3.20. The second-order valence-corrected chi connectivity index (χ2v) is 6.60. The van der Waals surface area contributed by atoms with Crippen LogP contribution < -0.4 is 5.32 Å². The first kappa shape index (κ1) is 18.1. The van der Waals surface area contributed by atoms with E-state index in [0.29, 0.717) is 11.3 Å². The molecule has 1 saturated heterocycles. The molecule has 1 fully saturated rings. The zero-order valence-corrected chi connectivity index (χ0v) is 14.7. The molecule has 0 spiro atoms. The van der Waals surface area contributed by atoms with Gasteiger partial charge in [-0.1, -0.05) is 37.1 Å². The number of carbonyl (C=O) groups excluding carboxylic acids is 2. The minimum Gasteiger partial charge on any atom is -0.339 e. The normalized spacial score (nSPS) is 14.6. The van der Waals surface area contributed by atoms with Gasteiger partial charge >= 0.3 is 0 Å². The van der Waals surface area contributed by atoms with Crippen LogP contribution in [0.2, 0.25) is 0 Å². The van der Waals surface area contributed by atoms with Crippen molar-refractivity contribution in [3.8, 4) is 0 Å². The number of hydrogen-bond donors (Lipinski definition) is 1. The van der Waals surface area contributed by atoms with E-state index in [1.807, 2.05) is 4.90 Å². The fraction of sp³-hybridized carbons (Fsp3) is 0.333. The first-order valence-electron chi connectivity index (χ1n) is 9.06. The molecule has 3 rings (SSSR count). The highest BCUT2D eigenvalue weighted by molar-refractivity contribution is 6.04. The van der Waals surface area contributed by atoms with Crippen LogP contribution in [0.25, 0.3) is 0 Å². The predicted molar refractivity (Wildman–Crippen MR) is 99.5 cm³/mol. The molecule has 2 aromatic carbocycles. The number of para-hydroxylation sites is 1. The number of rotatable bonds is 4. The summed E-state index contributed by atoms with van der Waals surface area (Å²) in [6.07, 6.45) is 4.47. The molecule has 1 heterocycles. The number of hydrogen-bond acceptors (Lipinski definition) is 2. The highest BCUT2D eigenvalue weighted by atomic mass is 19.1. The Kier molecular flexibility index (Phi) is 6.00. The Morgan fingerprint density at radius 2 is 1.58 bits per heavy atom. The lowest BCUT2D eigenvalue weighted by Crippen LogP contribution is -2.32. The Morgan fingerprint density at radius 1 is 0.923 bits per heavy atom. The van der Waals surface area contributed by atoms with Crippen LogP contribution in [0.15, 0.2) is 48.5 Å². The summed E-state index contributed by atoms with van der Waals surface area (Å²) in [5.41, 5.74) is 1.76. The van der Waals surface area contributed by atoms with Crippen molar-refractivity contribution in [3.63, 3.8) is 0 Å². The van der Waals surface area contributed by atoms with Crippen molar-refractivity contribution in [2.45, 2.75) is 32.1 Å². The van der Waals surface area contributed by atoms with Crippen molar-refractivity contribution in [1.82, 2.24) is 4.90 Å². The van der Waals surface area contributed by atoms with Crippen molar-refractivity contribution < 1.29 is 14.0 Å². The lowest BCUT2D eigenvalue weighted by molar-refractivity contribution is -0.115. The molecule has 4 nitrogen and oxygen atoms in total. The molecule has 26 heavy (non-hydrogen) atoms. The molecule has 0 atom stereocenters. The second kappa shape index (κ2) is 8.61. The lowest BCUT2D eigenvalue weighted by atomic mass is 10.1. The SMILES string of the molecule is O=C(Cc1ccc(F)cc1)Nc1ccccc1C(=O)N1CCCCCC1. The zero-order chi connectivity index (χ0) is 18.4. The van der Waals surface area contributed by atoms with Crippen LogP contribution in [0.4, 0.5) is 10.1 Å². The van der Waals surface area contributed by atoms with Gasteiger partial charge in [-0.05, 0) is 42.7 Å². The van der Waals surface area contributed by atoms with Gasteiger partial charge in [-0.15, -0.1) is 0 Å². The van der Waals surface area contributed by atoms with Crippen LogP contribution in [0, 0.1) is 5.82 Å². The summed E-state index contributed by atoms with van der Waals surface area (Å²) in [5.74, 6) is -0.597. The Labute approximate surface area is 153 Å². The standard InChI is InChI=1S/C21H23FN2O2/c22-17-11-9-16(10-12-17)15-20(25)23-19-8-4-3-7-18(19)21(26)24-13-5-1-2-6-14-24/h3-4,7-12H,1-2,5-6,13-15H2,(H,23,25). The number of halogens is 1. The molecule has 1 aliphatic heterocycles. The molecule has 0 unspecified atom stereocenters. The Balaban J connectivity index is 1.70. The van der Waals surface area contributed by atoms with Crippen LogP contribution >= 0.6 is 0 Å². The third-order valence-corrected chi connectivity index (χ3v) is 4.60. The fourth-order valence-corrected chi connectivity index (χ4v) is 3.20. The second-order valence-electron chi connectivity index (χ2n) is 6.60. The minimum atomic E-state index is -0.331. The van der Waals surface area contributed by atoms with Crippen LogP contribution in [-0.4, -0.2) is 29.8 Å². The smallest absolute Gasteiger partial charge is 0.255 e. The van der Waals surface area contributed by atoms with Crippen LogP contribution in [-0.2, 0) is 11.2 Å². The van der Waals surface area contributed by atoms with E-state index in [4.69, 9.17) is 0 Å². The molecule has 2 amide bonds. The summed E-state index contributed by atoms with van der Waals surface area (Å²) in [4.78, 5) is 27.1. The van der Waals surface area contributed by atoms with Crippen LogP contribution in [0.5, 0.6) is 0 Å². The maximum absolute atomic E-state index is 13.0. The zero-order valence-electron chi connectivity index (χ0n) is 14.7. The van der Waals surface area contributed by atoms with Crippen LogP contribution in [0.3, 0.4) is 0 Å². The highest BCUT2D eigenvalue weighted by Crippen LogP contribution is 2.20. The number of benzene rings is 2. The van der Waals surface area contributed by atoms with Gasteiger partial charge in [0.15, 0.2) is 0 Å². The number of carbonyl (C=O) groups is 2. The maximum atomic E-state index is 13.0. The minimum absolute atomic E-state index is 0.0374. The van der Waals surface area contributed by atoms with Crippen molar-refractivity contribution in [2.75, 3.05) is 18.4 Å². The summed E-state index contributed by atoms with van der Waals surface area (Å²) >= 11 is 0. The van der Waals surface area contributed by atoms with Gasteiger partial charge in [0.05, 0.1) is 17.7 Å². The van der Waals surface area contributed by atoms with Gasteiger partial charge < -0.3 is 10.2 Å². The third-order valence-electron chi connectivity index (χ3n) is 4.60. The molecule has 0 aliphatic carbocycles. The molecule has 0 aromatic heterocycles. The summed E-state index contributed by atoms with van der Waals surface area (Å²) in [6.45, 7) is 1.52. The molecule has 5 heteroatoms. The molecule has 2 aromatic rings. The number of likely N-dealkylation sites (tertiary alicyclic amines) is 1. The molecular formula is C21H23FN2O2. The van der Waals surface area contributed by atoms with E-state index in [1.165, 1.54) is 12.1 Å². The number of amides is 2. The van der Waals surface area contributed by atoms with E-state index in [2.05, 4.69) is 5.32 Å². The summed E-state index contributed by atoms with van der Waals surface area (Å²) in [6, 6.07) is 12.9. The third kappa shape index (κ3) is 4.69. The van der Waals surface area contributed by atoms with Crippen molar-refractivity contribution >= 4 is 17.5 Å². The predicted octanol–water partition coefficient (Wildman–Crippen LogP) is 4.02. The van der Waals surface area contributed by atoms with E-state index in [-0.39, 0.29) is 24.1 Å². The molecule has 0 bridgehead atoms. The van der Waals surface area contributed by atoms with Gasteiger partial charge in [0.2, 0.25) is 5.91 Å². The molecular weight excluding hydrogens is 331 g/mol. The van der Waals surface area contributed by atoms with Crippen molar-refractivity contribution in [2.24, 2.45) is 0 Å².